The molecule has 3 nitrogen and oxygen atoms in total. The number of rotatable bonds is 7. The molecule has 0 amide bonds. The van der Waals surface area contributed by atoms with Crippen molar-refractivity contribution in [1.82, 2.24) is 4.90 Å². The van der Waals surface area contributed by atoms with E-state index >= 15 is 0 Å². The summed E-state index contributed by atoms with van der Waals surface area (Å²) in [6, 6.07) is 8.82. The van der Waals surface area contributed by atoms with E-state index in [2.05, 4.69) is 23.7 Å². The van der Waals surface area contributed by atoms with Gasteiger partial charge >= 0.3 is 0 Å². The van der Waals surface area contributed by atoms with Gasteiger partial charge in [0, 0.05) is 24.9 Å². The summed E-state index contributed by atoms with van der Waals surface area (Å²) in [5, 5.41) is 0. The van der Waals surface area contributed by atoms with Crippen LogP contribution in [0.1, 0.15) is 18.4 Å². The van der Waals surface area contributed by atoms with Crippen LogP contribution >= 0.6 is 11.8 Å². The summed E-state index contributed by atoms with van der Waals surface area (Å²) < 4.78 is 5.75. The molecule has 19 heavy (non-hydrogen) atoms. The van der Waals surface area contributed by atoms with Crippen molar-refractivity contribution < 1.29 is 4.74 Å². The molecule has 1 saturated heterocycles. The third kappa shape index (κ3) is 4.71. The van der Waals surface area contributed by atoms with Gasteiger partial charge in [0.2, 0.25) is 0 Å². The molecule has 0 aromatic heterocycles. The highest BCUT2D eigenvalue weighted by Gasteiger charge is 2.19. The maximum Gasteiger partial charge on any atom is 0.119 e. The average molecular weight is 280 g/mol. The van der Waals surface area contributed by atoms with Crippen LogP contribution in [0.3, 0.4) is 0 Å². The first-order valence-electron chi connectivity index (χ1n) is 6.99. The minimum Gasteiger partial charge on any atom is -0.494 e. The summed E-state index contributed by atoms with van der Waals surface area (Å²) in [4.78, 5) is 2.47. The first-order chi connectivity index (χ1) is 9.29. The minimum absolute atomic E-state index is 0.588. The molecule has 1 atom stereocenters. The Labute approximate surface area is 120 Å². The van der Waals surface area contributed by atoms with Crippen molar-refractivity contribution in [2.75, 3.05) is 31.7 Å². The molecule has 0 saturated carbocycles. The molecule has 1 heterocycles. The topological polar surface area (TPSA) is 38.5 Å². The van der Waals surface area contributed by atoms with E-state index in [1.807, 2.05) is 24.3 Å². The number of ether oxygens (including phenoxy) is 1. The van der Waals surface area contributed by atoms with Crippen LogP contribution in [-0.4, -0.2) is 42.6 Å². The molecule has 2 rings (SSSR count). The van der Waals surface area contributed by atoms with E-state index in [1.165, 1.54) is 17.9 Å². The zero-order valence-electron chi connectivity index (χ0n) is 11.7. The van der Waals surface area contributed by atoms with Crippen molar-refractivity contribution in [3.05, 3.63) is 29.8 Å². The molecule has 106 valence electrons. The first-order valence-corrected chi connectivity index (χ1v) is 8.15. The van der Waals surface area contributed by atoms with E-state index in [0.29, 0.717) is 6.54 Å². The zero-order chi connectivity index (χ0) is 13.5. The number of hydrogen-bond acceptors (Lipinski definition) is 4. The van der Waals surface area contributed by atoms with Gasteiger partial charge in [0.15, 0.2) is 0 Å². The average Bonchev–Trinajstić information content (AvgIpc) is 2.98. The molecule has 1 aromatic carbocycles. The normalized spacial score (nSPS) is 19.0. The van der Waals surface area contributed by atoms with Crippen molar-refractivity contribution >= 4 is 11.8 Å². The summed E-state index contributed by atoms with van der Waals surface area (Å²) in [6.07, 6.45) is 2.42. The molecule has 4 heteroatoms. The van der Waals surface area contributed by atoms with Gasteiger partial charge in [-0.15, -0.1) is 0 Å². The SMILES string of the molecule is CN(CCCOc1ccc(CN)cc1)C1CCSC1. The van der Waals surface area contributed by atoms with Crippen LogP contribution in [0, 0.1) is 0 Å². The predicted octanol–water partition coefficient (Wildman–Crippen LogP) is 2.35. The van der Waals surface area contributed by atoms with Gasteiger partial charge in [-0.1, -0.05) is 12.1 Å². The van der Waals surface area contributed by atoms with Crippen molar-refractivity contribution in [2.24, 2.45) is 5.73 Å². The zero-order valence-corrected chi connectivity index (χ0v) is 12.5. The Morgan fingerprint density at radius 1 is 1.37 bits per heavy atom. The van der Waals surface area contributed by atoms with Gasteiger partial charge in [-0.05, 0) is 43.3 Å². The van der Waals surface area contributed by atoms with Crippen molar-refractivity contribution in [3.8, 4) is 5.75 Å². The third-order valence-electron chi connectivity index (χ3n) is 3.61. The van der Waals surface area contributed by atoms with Crippen LogP contribution in [0.5, 0.6) is 5.75 Å². The van der Waals surface area contributed by atoms with Gasteiger partial charge in [-0.25, -0.2) is 0 Å². The molecule has 1 aliphatic heterocycles. The minimum atomic E-state index is 0.588. The van der Waals surface area contributed by atoms with E-state index in [4.69, 9.17) is 10.5 Å². The molecular weight excluding hydrogens is 256 g/mol. The van der Waals surface area contributed by atoms with Gasteiger partial charge in [0.25, 0.3) is 0 Å². The Kier molecular flexibility index (Phi) is 6.01. The maximum atomic E-state index is 5.75. The number of nitrogens with zero attached hydrogens (tertiary/aromatic N) is 1. The van der Waals surface area contributed by atoms with E-state index in [0.717, 1.165) is 36.9 Å². The molecule has 1 fully saturated rings. The molecule has 0 aliphatic carbocycles. The first kappa shape index (κ1) is 14.7. The van der Waals surface area contributed by atoms with E-state index in [-0.39, 0.29) is 0 Å². The third-order valence-corrected chi connectivity index (χ3v) is 4.76. The lowest BCUT2D eigenvalue weighted by Crippen LogP contribution is -2.32. The summed E-state index contributed by atoms with van der Waals surface area (Å²) in [7, 11) is 2.23. The lowest BCUT2D eigenvalue weighted by Gasteiger charge is -2.23. The van der Waals surface area contributed by atoms with E-state index < -0.39 is 0 Å². The smallest absolute Gasteiger partial charge is 0.119 e. The molecule has 2 N–H and O–H groups in total. The summed E-state index contributed by atoms with van der Waals surface area (Å²) in [5.41, 5.74) is 6.71. The van der Waals surface area contributed by atoms with Gasteiger partial charge in [0.05, 0.1) is 6.61 Å². The summed E-state index contributed by atoms with van der Waals surface area (Å²) in [5.74, 6) is 3.55. The van der Waals surface area contributed by atoms with Gasteiger partial charge in [-0.2, -0.15) is 11.8 Å². The number of benzene rings is 1. The lowest BCUT2D eigenvalue weighted by atomic mass is 10.2. The fraction of sp³-hybridized carbons (Fsp3) is 0.600. The quantitative estimate of drug-likeness (QED) is 0.778. The van der Waals surface area contributed by atoms with Crippen LogP contribution in [-0.2, 0) is 6.54 Å². The highest BCUT2D eigenvalue weighted by molar-refractivity contribution is 7.99. The van der Waals surface area contributed by atoms with Gasteiger partial charge in [0.1, 0.15) is 5.75 Å². The molecule has 0 bridgehead atoms. The number of nitrogens with two attached hydrogens (primary N) is 1. The van der Waals surface area contributed by atoms with Crippen LogP contribution in [0.2, 0.25) is 0 Å². The maximum absolute atomic E-state index is 5.75. The van der Waals surface area contributed by atoms with Crippen LogP contribution in [0.25, 0.3) is 0 Å². The highest BCUT2D eigenvalue weighted by Crippen LogP contribution is 2.21. The van der Waals surface area contributed by atoms with E-state index in [9.17, 15) is 0 Å². The van der Waals surface area contributed by atoms with E-state index in [1.54, 1.807) is 0 Å². The molecule has 0 radical (unpaired) electrons. The Balaban J connectivity index is 1.62. The molecule has 0 spiro atoms. The number of hydrogen-bond donors (Lipinski definition) is 1. The Morgan fingerprint density at radius 3 is 2.79 bits per heavy atom. The van der Waals surface area contributed by atoms with Crippen molar-refractivity contribution in [1.29, 1.82) is 0 Å². The standard InChI is InChI=1S/C15H24N2OS/c1-17(14-7-10-19-12-14)8-2-9-18-15-5-3-13(11-16)4-6-15/h3-6,14H,2,7-12,16H2,1H3. The Hall–Kier alpha value is -0.710. The Morgan fingerprint density at radius 2 is 2.16 bits per heavy atom. The van der Waals surface area contributed by atoms with Crippen LogP contribution in [0.15, 0.2) is 24.3 Å². The summed E-state index contributed by atoms with van der Waals surface area (Å²) in [6.45, 7) is 2.49. The lowest BCUT2D eigenvalue weighted by molar-refractivity contribution is 0.227. The fourth-order valence-electron chi connectivity index (χ4n) is 2.28. The second-order valence-electron chi connectivity index (χ2n) is 5.05. The number of thioether (sulfide) groups is 1. The molecular formula is C15H24N2OS. The summed E-state index contributed by atoms with van der Waals surface area (Å²) >= 11 is 2.07. The fourth-order valence-corrected chi connectivity index (χ4v) is 3.58. The van der Waals surface area contributed by atoms with Crippen LogP contribution in [0.4, 0.5) is 0 Å². The molecule has 1 aromatic rings. The Bertz CT molecular complexity index is 363. The monoisotopic (exact) mass is 280 g/mol. The van der Waals surface area contributed by atoms with Crippen LogP contribution < -0.4 is 10.5 Å². The highest BCUT2D eigenvalue weighted by atomic mass is 32.2. The van der Waals surface area contributed by atoms with Gasteiger partial charge < -0.3 is 15.4 Å². The largest absolute Gasteiger partial charge is 0.494 e. The molecule has 1 unspecified atom stereocenters. The second-order valence-corrected chi connectivity index (χ2v) is 6.20. The van der Waals surface area contributed by atoms with Crippen molar-refractivity contribution in [2.45, 2.75) is 25.4 Å². The van der Waals surface area contributed by atoms with Crippen molar-refractivity contribution in [3.63, 3.8) is 0 Å². The predicted molar refractivity (Wildman–Crippen MR) is 82.8 cm³/mol. The second kappa shape index (κ2) is 7.78. The van der Waals surface area contributed by atoms with Gasteiger partial charge in [-0.3, -0.25) is 0 Å². The molecule has 1 aliphatic rings.